The number of allylic oxidation sites excluding steroid dienone is 4. The normalized spacial score (nSPS) is 45.2. The summed E-state index contributed by atoms with van der Waals surface area (Å²) in [6.07, 6.45) is -3.32. The summed E-state index contributed by atoms with van der Waals surface area (Å²) >= 11 is 0. The highest BCUT2D eigenvalue weighted by molar-refractivity contribution is 6.01. The van der Waals surface area contributed by atoms with Crippen LogP contribution in [0.25, 0.3) is 0 Å². The molecule has 18 heteroatoms. The smallest absolute Gasteiger partial charge is 0.350 e. The molecule has 0 bridgehead atoms. The van der Waals surface area contributed by atoms with Crippen molar-refractivity contribution >= 4 is 23.7 Å². The molecule has 0 amide bonds. The van der Waals surface area contributed by atoms with E-state index in [-0.39, 0.29) is 63.0 Å². The van der Waals surface area contributed by atoms with Crippen LogP contribution >= 0.6 is 0 Å². The number of fused-ring (bicyclic) bond motifs is 5. The maximum Gasteiger partial charge on any atom is 0.350 e. The summed E-state index contributed by atoms with van der Waals surface area (Å²) in [7, 11) is 2.66. The molecule has 1 aliphatic heterocycles. The van der Waals surface area contributed by atoms with Crippen LogP contribution in [0.15, 0.2) is 29.0 Å². The third-order valence-corrected chi connectivity index (χ3v) is 16.3. The third kappa shape index (κ3) is 9.35. The minimum Gasteiger partial charge on any atom is -0.466 e. The molecule has 0 aromatic rings. The number of nitroso groups, excluding NO2 is 1. The van der Waals surface area contributed by atoms with Crippen LogP contribution in [0.3, 0.4) is 0 Å². The first kappa shape index (κ1) is 52.7. The molecule has 6 N–H and O–H groups in total. The number of aliphatic hydroxyl groups excluding tert-OH is 3. The van der Waals surface area contributed by atoms with Crippen molar-refractivity contribution in [2.75, 3.05) is 40.3 Å². The van der Waals surface area contributed by atoms with Gasteiger partial charge in [0.25, 0.3) is 0 Å². The predicted molar refractivity (Wildman–Crippen MR) is 235 cm³/mol. The SMILES string of the molecule is CNC1OC(=O)C(C)C[C@H](C)C(O)[C@](C)(N=O)C[C@@H](C)CN(CCCNCCC(=O)O[C@]2(C(=O)OC)CCC3C4C[C@H](F)C5=CC(=O)C=CC5(C)[C@@]4(F)[C@@H](O)C[C@@]32C)C(C)C(O)[C@]1(C)O. The number of halogens is 2. The highest BCUT2D eigenvalue weighted by Gasteiger charge is 2.77. The van der Waals surface area contributed by atoms with Crippen LogP contribution in [0.5, 0.6) is 0 Å². The predicted octanol–water partition coefficient (Wildman–Crippen LogP) is 3.61. The third-order valence-electron chi connectivity index (χ3n) is 16.3. The van der Waals surface area contributed by atoms with E-state index in [0.29, 0.717) is 26.1 Å². The summed E-state index contributed by atoms with van der Waals surface area (Å²) in [4.78, 5) is 67.0. The van der Waals surface area contributed by atoms with Gasteiger partial charge in [-0.15, -0.1) is 0 Å². The van der Waals surface area contributed by atoms with Gasteiger partial charge in [0.1, 0.15) is 23.4 Å². The molecule has 5 aliphatic rings. The maximum atomic E-state index is 17.7. The van der Waals surface area contributed by atoms with Crippen LogP contribution in [0.2, 0.25) is 0 Å². The van der Waals surface area contributed by atoms with E-state index in [2.05, 4.69) is 15.8 Å². The molecule has 0 spiro atoms. The minimum absolute atomic E-state index is 0.0155. The molecule has 0 aromatic heterocycles. The van der Waals surface area contributed by atoms with Crippen LogP contribution < -0.4 is 10.6 Å². The number of hydrogen-bond donors (Lipinski definition) is 6. The second-order valence-electron chi connectivity index (χ2n) is 20.9. The molecule has 8 unspecified atom stereocenters. The summed E-state index contributed by atoms with van der Waals surface area (Å²) in [5.41, 5.74) is -10.5. The number of cyclic esters (lactones) is 1. The maximum absolute atomic E-state index is 17.7. The first-order valence-corrected chi connectivity index (χ1v) is 23.3. The highest BCUT2D eigenvalue weighted by Crippen LogP contribution is 2.70. The summed E-state index contributed by atoms with van der Waals surface area (Å²) in [5, 5.41) is 55.8. The number of nitrogens with zero attached hydrogens (tertiary/aromatic N) is 2. The van der Waals surface area contributed by atoms with Gasteiger partial charge in [-0.2, -0.15) is 4.91 Å². The lowest BCUT2D eigenvalue weighted by Gasteiger charge is -2.62. The average molecular weight is 925 g/mol. The van der Waals surface area contributed by atoms with E-state index >= 15 is 8.78 Å². The molecule has 0 aromatic carbocycles. The van der Waals surface area contributed by atoms with Gasteiger partial charge in [0.2, 0.25) is 5.60 Å². The van der Waals surface area contributed by atoms with Gasteiger partial charge in [-0.3, -0.25) is 24.6 Å². The Balaban J connectivity index is 1.26. The fourth-order valence-electron chi connectivity index (χ4n) is 12.7. The van der Waals surface area contributed by atoms with Gasteiger partial charge < -0.3 is 40.0 Å². The topological polar surface area (TPSA) is 234 Å². The number of esters is 3. The largest absolute Gasteiger partial charge is 0.466 e. The van der Waals surface area contributed by atoms with Crippen molar-refractivity contribution in [2.24, 2.45) is 45.6 Å². The minimum atomic E-state index is -2.37. The Kier molecular flexibility index (Phi) is 16.0. The molecule has 65 heavy (non-hydrogen) atoms. The van der Waals surface area contributed by atoms with Gasteiger partial charge in [0.15, 0.2) is 17.7 Å². The number of nitrogens with one attached hydrogen (secondary N) is 2. The molecule has 1 saturated heterocycles. The molecule has 16 nitrogen and oxygen atoms in total. The Morgan fingerprint density at radius 3 is 2.32 bits per heavy atom. The van der Waals surface area contributed by atoms with E-state index in [9.17, 15) is 44.5 Å². The van der Waals surface area contributed by atoms with Crippen molar-refractivity contribution in [3.8, 4) is 0 Å². The zero-order valence-electron chi connectivity index (χ0n) is 39.8. The number of rotatable bonds is 11. The number of ether oxygens (including phenoxy) is 3. The van der Waals surface area contributed by atoms with E-state index in [4.69, 9.17) is 14.2 Å². The van der Waals surface area contributed by atoms with Crippen molar-refractivity contribution in [2.45, 2.75) is 166 Å². The van der Waals surface area contributed by atoms with Crippen molar-refractivity contribution in [1.82, 2.24) is 15.5 Å². The molecular formula is C47H74F2N4O12. The van der Waals surface area contributed by atoms with Crippen LogP contribution in [0.1, 0.15) is 107 Å². The van der Waals surface area contributed by atoms with Crippen LogP contribution in [-0.4, -0.2) is 149 Å². The summed E-state index contributed by atoms with van der Waals surface area (Å²) in [6, 6.07) is -0.708. The molecule has 3 saturated carbocycles. The standard InChI is InChI=1S/C47H74F2N4O12/c1-26-23-44(7,52-62)37(57)27(2)20-28(3)39(59)64-40(50-9)45(8,61)38(58)29(4)53(25-26)19-11-17-51-18-14-36(56)65-46(41(60)63-10)16-13-31-32-22-34(48)33-21-30(54)12-15-42(33,5)47(32,49)35(55)24-43(31,46)6/h12,15,21,26-29,31-32,34-35,37-38,40,50-51,55,57-58,61H,11,13-14,16-20,22-25H2,1-10H3/t26-,27+,28?,29?,31?,32?,34+,35+,37?,38?,40?,42?,43+,44-,45+,46+,47+/m1/s1. The van der Waals surface area contributed by atoms with Crippen molar-refractivity contribution < 1.29 is 62.6 Å². The fourth-order valence-corrected chi connectivity index (χ4v) is 12.7. The van der Waals surface area contributed by atoms with Gasteiger partial charge in [-0.05, 0) is 128 Å². The first-order chi connectivity index (χ1) is 30.2. The number of hydrogen-bond acceptors (Lipinski definition) is 16. The Morgan fingerprint density at radius 2 is 1.69 bits per heavy atom. The first-order valence-electron chi connectivity index (χ1n) is 23.3. The lowest BCUT2D eigenvalue weighted by atomic mass is 9.44. The molecule has 1 heterocycles. The molecule has 5 rings (SSSR count). The highest BCUT2D eigenvalue weighted by atomic mass is 19.1. The monoisotopic (exact) mass is 925 g/mol. The Hall–Kier alpha value is -3.26. The molecule has 4 fully saturated rings. The average Bonchev–Trinajstić information content (AvgIpc) is 3.54. The Labute approximate surface area is 381 Å². The quantitative estimate of drug-likeness (QED) is 0.0752. The number of methoxy groups -OCH3 is 1. The van der Waals surface area contributed by atoms with Gasteiger partial charge in [0, 0.05) is 35.9 Å². The van der Waals surface area contributed by atoms with E-state index in [0.717, 1.165) is 13.2 Å². The van der Waals surface area contributed by atoms with Gasteiger partial charge in [-0.1, -0.05) is 38.9 Å². The van der Waals surface area contributed by atoms with Crippen LogP contribution in [0.4, 0.5) is 8.78 Å². The summed E-state index contributed by atoms with van der Waals surface area (Å²) in [6.45, 7) is 14.4. The second-order valence-corrected chi connectivity index (χ2v) is 20.9. The van der Waals surface area contributed by atoms with E-state index in [1.54, 1.807) is 34.6 Å². The number of alkyl halides is 2. The van der Waals surface area contributed by atoms with E-state index in [1.807, 2.05) is 11.8 Å². The lowest BCUT2D eigenvalue weighted by Crippen LogP contribution is -2.70. The number of ketones is 1. The van der Waals surface area contributed by atoms with Crippen molar-refractivity contribution in [1.29, 1.82) is 0 Å². The number of aliphatic hydroxyl groups is 4. The van der Waals surface area contributed by atoms with Gasteiger partial charge in [0.05, 0.1) is 31.7 Å². The van der Waals surface area contributed by atoms with Crippen molar-refractivity contribution in [3.63, 3.8) is 0 Å². The Morgan fingerprint density at radius 1 is 1.02 bits per heavy atom. The van der Waals surface area contributed by atoms with Crippen molar-refractivity contribution in [3.05, 3.63) is 28.7 Å². The zero-order valence-corrected chi connectivity index (χ0v) is 39.8. The fraction of sp³-hybridized carbons (Fsp3) is 0.830. The zero-order chi connectivity index (χ0) is 48.7. The molecule has 17 atom stereocenters. The van der Waals surface area contributed by atoms with Crippen LogP contribution in [-0.2, 0) is 33.4 Å². The molecule has 4 aliphatic carbocycles. The van der Waals surface area contributed by atoms with Gasteiger partial charge >= 0.3 is 17.9 Å². The van der Waals surface area contributed by atoms with E-state index < -0.39 is 117 Å². The number of carbonyl (C=O) groups excluding carboxylic acids is 4. The summed E-state index contributed by atoms with van der Waals surface area (Å²) in [5.74, 6) is -5.87. The van der Waals surface area contributed by atoms with E-state index in [1.165, 1.54) is 33.0 Å². The number of carbonyl (C=O) groups is 4. The Bertz CT molecular complexity index is 1850. The molecule has 368 valence electrons. The second kappa shape index (κ2) is 19.8. The lowest BCUT2D eigenvalue weighted by molar-refractivity contribution is -0.235. The van der Waals surface area contributed by atoms with Gasteiger partial charge in [-0.25, -0.2) is 13.6 Å². The van der Waals surface area contributed by atoms with Crippen LogP contribution in [0, 0.1) is 45.3 Å². The molecule has 0 radical (unpaired) electrons. The number of likely N-dealkylation sites (N-methyl/N-ethyl adjacent to an activating group) is 1. The summed E-state index contributed by atoms with van der Waals surface area (Å²) < 4.78 is 50.6. The molecular weight excluding hydrogens is 851 g/mol.